The van der Waals surface area contributed by atoms with Crippen LogP contribution in [0.5, 0.6) is 0 Å². The molecule has 2 saturated carbocycles. The first-order valence-electron chi connectivity index (χ1n) is 11.9. The van der Waals surface area contributed by atoms with Crippen LogP contribution in [0.1, 0.15) is 50.9 Å². The molecule has 1 aromatic carbocycles. The van der Waals surface area contributed by atoms with Crippen molar-refractivity contribution in [1.82, 2.24) is 9.80 Å². The molecule has 33 heavy (non-hydrogen) atoms. The lowest BCUT2D eigenvalue weighted by molar-refractivity contribution is -0.173. The van der Waals surface area contributed by atoms with Crippen LogP contribution in [-0.4, -0.2) is 48.6 Å². The van der Waals surface area contributed by atoms with E-state index in [1.807, 2.05) is 18.2 Å². The summed E-state index contributed by atoms with van der Waals surface area (Å²) in [5.41, 5.74) is 2.96. The Bertz CT molecular complexity index is 996. The van der Waals surface area contributed by atoms with Gasteiger partial charge in [-0.25, -0.2) is 13.6 Å². The molecule has 2 aliphatic heterocycles. The van der Waals surface area contributed by atoms with Crippen LogP contribution in [0.4, 0.5) is 13.6 Å². The number of carbonyl (C=O) groups is 1. The second-order valence-corrected chi connectivity index (χ2v) is 10.2. The molecule has 0 aromatic heterocycles. The lowest BCUT2D eigenvalue weighted by atomic mass is 9.52. The van der Waals surface area contributed by atoms with Crippen LogP contribution in [0.3, 0.4) is 0 Å². The summed E-state index contributed by atoms with van der Waals surface area (Å²) in [5.74, 6) is -1.13. The number of nitrogens with zero attached hydrogens (tertiary/aromatic N) is 2. The molecule has 5 rings (SSSR count). The van der Waals surface area contributed by atoms with Crippen LogP contribution in [-0.2, 0) is 9.47 Å². The summed E-state index contributed by atoms with van der Waals surface area (Å²) in [5, 5.41) is 0. The Balaban J connectivity index is 1.33. The van der Waals surface area contributed by atoms with Gasteiger partial charge in [-0.2, -0.15) is 0 Å². The molecule has 1 aromatic rings. The SMILES string of the molecule is C=C1CCC2C3=CO[C@@H](c4ccc(F)c(F)c4)O[C@@H]3CC[C@@]2(C)[C@@H]1CCN1CCN(C)C1=O. The van der Waals surface area contributed by atoms with Crippen molar-refractivity contribution >= 4 is 6.03 Å². The second-order valence-electron chi connectivity index (χ2n) is 10.2. The number of amides is 2. The molecule has 7 heteroatoms. The number of benzene rings is 1. The molecule has 2 heterocycles. The summed E-state index contributed by atoms with van der Waals surface area (Å²) in [4.78, 5) is 16.1. The van der Waals surface area contributed by atoms with Crippen molar-refractivity contribution in [1.29, 1.82) is 0 Å². The molecule has 5 nitrogen and oxygen atoms in total. The number of rotatable bonds is 4. The molecule has 1 saturated heterocycles. The molecular weight excluding hydrogens is 426 g/mol. The molecule has 0 bridgehead atoms. The largest absolute Gasteiger partial charge is 0.468 e. The van der Waals surface area contributed by atoms with E-state index in [0.717, 1.165) is 69.4 Å². The number of urea groups is 1. The Labute approximate surface area is 194 Å². The monoisotopic (exact) mass is 458 g/mol. The van der Waals surface area contributed by atoms with Gasteiger partial charge < -0.3 is 19.3 Å². The molecule has 178 valence electrons. The molecule has 0 spiro atoms. The Morgan fingerprint density at radius 1 is 1.21 bits per heavy atom. The standard InChI is InChI=1S/C26H32F2N2O3/c1-16-4-6-20-18-15-32-24(17-5-7-21(27)22(28)14-17)33-23(18)8-10-26(20,2)19(16)9-11-30-13-12-29(3)25(30)31/h5,7,14-15,19-20,23-24H,1,4,6,8-13H2,2-3H3/t19-,20?,23-,24-,26+/m1/s1. The highest BCUT2D eigenvalue weighted by atomic mass is 19.2. The molecule has 5 atom stereocenters. The summed E-state index contributed by atoms with van der Waals surface area (Å²) < 4.78 is 39.2. The Morgan fingerprint density at radius 3 is 2.76 bits per heavy atom. The molecule has 0 N–H and O–H groups in total. The zero-order valence-electron chi connectivity index (χ0n) is 19.4. The third kappa shape index (κ3) is 3.84. The van der Waals surface area contributed by atoms with Crippen LogP contribution in [0, 0.1) is 28.9 Å². The van der Waals surface area contributed by atoms with Crippen molar-refractivity contribution in [2.75, 3.05) is 26.7 Å². The minimum absolute atomic E-state index is 0.0356. The van der Waals surface area contributed by atoms with E-state index in [1.165, 1.54) is 11.6 Å². The van der Waals surface area contributed by atoms with Crippen molar-refractivity contribution in [3.8, 4) is 0 Å². The topological polar surface area (TPSA) is 42.0 Å². The van der Waals surface area contributed by atoms with Crippen molar-refractivity contribution in [3.63, 3.8) is 0 Å². The zero-order chi connectivity index (χ0) is 23.3. The molecule has 2 amide bonds. The summed E-state index contributed by atoms with van der Waals surface area (Å²) in [6.07, 6.45) is 5.70. The van der Waals surface area contributed by atoms with Gasteiger partial charge in [-0.1, -0.05) is 19.1 Å². The number of carbonyl (C=O) groups excluding carboxylic acids is 1. The van der Waals surface area contributed by atoms with Crippen LogP contribution >= 0.6 is 0 Å². The van der Waals surface area contributed by atoms with E-state index in [-0.39, 0.29) is 17.6 Å². The minimum atomic E-state index is -0.901. The summed E-state index contributed by atoms with van der Waals surface area (Å²) >= 11 is 0. The van der Waals surface area contributed by atoms with E-state index >= 15 is 0 Å². The summed E-state index contributed by atoms with van der Waals surface area (Å²) in [7, 11) is 1.85. The van der Waals surface area contributed by atoms with Crippen molar-refractivity contribution in [2.45, 2.75) is 51.4 Å². The fraction of sp³-hybridized carbons (Fsp3) is 0.577. The van der Waals surface area contributed by atoms with E-state index < -0.39 is 17.9 Å². The molecule has 4 aliphatic rings. The smallest absolute Gasteiger partial charge is 0.319 e. The van der Waals surface area contributed by atoms with Gasteiger partial charge >= 0.3 is 6.03 Å². The predicted octanol–water partition coefficient (Wildman–Crippen LogP) is 5.40. The van der Waals surface area contributed by atoms with Gasteiger partial charge in [0.1, 0.15) is 0 Å². The van der Waals surface area contributed by atoms with E-state index in [9.17, 15) is 13.6 Å². The van der Waals surface area contributed by atoms with Crippen molar-refractivity contribution in [2.24, 2.45) is 17.3 Å². The Hall–Kier alpha value is -2.41. The number of hydrogen-bond acceptors (Lipinski definition) is 3. The Kier molecular flexibility index (Phi) is 5.71. The van der Waals surface area contributed by atoms with Gasteiger partial charge in [-0.05, 0) is 73.1 Å². The highest BCUT2D eigenvalue weighted by molar-refractivity contribution is 5.76. The quantitative estimate of drug-likeness (QED) is 0.567. The van der Waals surface area contributed by atoms with E-state index in [0.29, 0.717) is 17.4 Å². The number of allylic oxidation sites excluding steroid dienone is 1. The third-order valence-electron chi connectivity index (χ3n) is 8.38. The molecule has 3 fully saturated rings. The maximum atomic E-state index is 13.7. The highest BCUT2D eigenvalue weighted by Crippen LogP contribution is 2.59. The maximum Gasteiger partial charge on any atom is 0.319 e. The normalized spacial score (nSPS) is 34.0. The predicted molar refractivity (Wildman–Crippen MR) is 120 cm³/mol. The van der Waals surface area contributed by atoms with Gasteiger partial charge in [-0.3, -0.25) is 0 Å². The van der Waals surface area contributed by atoms with Crippen molar-refractivity contribution < 1.29 is 23.0 Å². The average molecular weight is 459 g/mol. The van der Waals surface area contributed by atoms with Gasteiger partial charge in [0, 0.05) is 32.2 Å². The maximum absolute atomic E-state index is 13.7. The fourth-order valence-electron chi connectivity index (χ4n) is 6.44. The van der Waals surface area contributed by atoms with Gasteiger partial charge in [-0.15, -0.1) is 0 Å². The van der Waals surface area contributed by atoms with Crippen LogP contribution in [0.2, 0.25) is 0 Å². The van der Waals surface area contributed by atoms with Crippen LogP contribution < -0.4 is 0 Å². The lowest BCUT2D eigenvalue weighted by Crippen LogP contribution is -2.49. The van der Waals surface area contributed by atoms with Gasteiger partial charge in [0.05, 0.1) is 12.4 Å². The van der Waals surface area contributed by atoms with Crippen molar-refractivity contribution in [3.05, 3.63) is 59.4 Å². The molecule has 1 unspecified atom stereocenters. The number of likely N-dealkylation sites (N-methyl/N-ethyl adjacent to an activating group) is 1. The third-order valence-corrected chi connectivity index (χ3v) is 8.38. The second kappa shape index (κ2) is 8.42. The molecule has 0 radical (unpaired) electrons. The fourth-order valence-corrected chi connectivity index (χ4v) is 6.44. The van der Waals surface area contributed by atoms with Crippen LogP contribution in [0.15, 0.2) is 42.2 Å². The zero-order valence-corrected chi connectivity index (χ0v) is 19.4. The van der Waals surface area contributed by atoms with Gasteiger partial charge in [0.15, 0.2) is 11.6 Å². The average Bonchev–Trinajstić information content (AvgIpc) is 3.12. The summed E-state index contributed by atoms with van der Waals surface area (Å²) in [6, 6.07) is 3.87. The first-order chi connectivity index (χ1) is 15.8. The first kappa shape index (κ1) is 22.4. The van der Waals surface area contributed by atoms with E-state index in [2.05, 4.69) is 13.5 Å². The Morgan fingerprint density at radius 2 is 2.03 bits per heavy atom. The number of ether oxygens (including phenoxy) is 2. The lowest BCUT2D eigenvalue weighted by Gasteiger charge is -2.55. The number of halogens is 2. The molecular formula is C26H32F2N2O3. The number of fused-ring (bicyclic) bond motifs is 3. The minimum Gasteiger partial charge on any atom is -0.468 e. The number of hydrogen-bond donors (Lipinski definition) is 0. The molecule has 2 aliphatic carbocycles. The van der Waals surface area contributed by atoms with Crippen LogP contribution in [0.25, 0.3) is 0 Å². The summed E-state index contributed by atoms with van der Waals surface area (Å²) in [6.45, 7) is 9.09. The van der Waals surface area contributed by atoms with E-state index in [4.69, 9.17) is 9.47 Å². The van der Waals surface area contributed by atoms with E-state index in [1.54, 1.807) is 4.90 Å². The first-order valence-corrected chi connectivity index (χ1v) is 11.9. The van der Waals surface area contributed by atoms with Gasteiger partial charge in [0.25, 0.3) is 0 Å². The van der Waals surface area contributed by atoms with Gasteiger partial charge in [0.2, 0.25) is 6.29 Å². The highest BCUT2D eigenvalue weighted by Gasteiger charge is 2.52.